The Bertz CT molecular complexity index is 1030. The van der Waals surface area contributed by atoms with Crippen LogP contribution in [-0.2, 0) is 0 Å². The minimum atomic E-state index is -1.74. The van der Waals surface area contributed by atoms with Gasteiger partial charge in [0.1, 0.15) is 0 Å². The molecule has 2 aromatic carbocycles. The van der Waals surface area contributed by atoms with E-state index in [-0.39, 0.29) is 17.3 Å². The van der Waals surface area contributed by atoms with Gasteiger partial charge >= 0.3 is 0 Å². The van der Waals surface area contributed by atoms with Crippen LogP contribution in [0.3, 0.4) is 0 Å². The Balaban J connectivity index is 1.71. The fourth-order valence-electron chi connectivity index (χ4n) is 2.27. The van der Waals surface area contributed by atoms with Crippen molar-refractivity contribution in [2.75, 3.05) is 17.7 Å². The first-order valence-electron chi connectivity index (χ1n) is 7.95. The Hall–Kier alpha value is -3.62. The number of hydrogen-bond acceptors (Lipinski definition) is 4. The molecule has 5 nitrogen and oxygen atoms in total. The minimum Gasteiger partial charge on any atom is -0.436 e. The van der Waals surface area contributed by atoms with Crippen molar-refractivity contribution in [1.29, 1.82) is 0 Å². The molecule has 0 aliphatic heterocycles. The predicted molar refractivity (Wildman–Crippen MR) is 94.5 cm³/mol. The topological polar surface area (TPSA) is 63.2 Å². The molecule has 0 atom stereocenters. The lowest BCUT2D eigenvalue weighted by molar-refractivity contribution is 0.102. The number of ether oxygens (including phenoxy) is 1. The highest BCUT2D eigenvalue weighted by atomic mass is 19.2. The standard InChI is InChI=1S/C19H13F4N3O2/c1-24-10-2-6-15(14(21)8-10)28-16-7-3-11(9-25-16)26-19(27)12-4-5-13(20)18(23)17(12)22/h2-9,24H,1H3,(H,26,27). The number of carbonyl (C=O) groups excluding carboxylic acids is 1. The van der Waals surface area contributed by atoms with Crippen LogP contribution < -0.4 is 15.4 Å². The van der Waals surface area contributed by atoms with Crippen LogP contribution >= 0.6 is 0 Å². The Morgan fingerprint density at radius 2 is 1.68 bits per heavy atom. The van der Waals surface area contributed by atoms with Crippen LogP contribution in [0.5, 0.6) is 11.6 Å². The van der Waals surface area contributed by atoms with E-state index in [9.17, 15) is 22.4 Å². The number of rotatable bonds is 5. The van der Waals surface area contributed by atoms with E-state index in [1.807, 2.05) is 0 Å². The number of nitrogens with zero attached hydrogens (tertiary/aromatic N) is 1. The smallest absolute Gasteiger partial charge is 0.258 e. The minimum absolute atomic E-state index is 0.0489. The molecule has 0 aliphatic rings. The maximum atomic E-state index is 13.9. The second-order valence-electron chi connectivity index (χ2n) is 5.56. The van der Waals surface area contributed by atoms with E-state index < -0.39 is 34.7 Å². The number of anilines is 2. The van der Waals surface area contributed by atoms with Gasteiger partial charge in [-0.25, -0.2) is 22.5 Å². The van der Waals surface area contributed by atoms with E-state index in [4.69, 9.17) is 4.74 Å². The summed E-state index contributed by atoms with van der Waals surface area (Å²) in [5, 5.41) is 5.08. The molecular formula is C19H13F4N3O2. The summed E-state index contributed by atoms with van der Waals surface area (Å²) in [6, 6.07) is 8.48. The summed E-state index contributed by atoms with van der Waals surface area (Å²) >= 11 is 0. The van der Waals surface area contributed by atoms with Crippen LogP contribution in [0.4, 0.5) is 28.9 Å². The molecule has 0 radical (unpaired) electrons. The van der Waals surface area contributed by atoms with Gasteiger partial charge in [-0.3, -0.25) is 4.79 Å². The van der Waals surface area contributed by atoms with E-state index in [1.54, 1.807) is 13.1 Å². The summed E-state index contributed by atoms with van der Waals surface area (Å²) < 4.78 is 59.1. The van der Waals surface area contributed by atoms with Crippen LogP contribution in [0.1, 0.15) is 10.4 Å². The van der Waals surface area contributed by atoms with Crippen LogP contribution in [0.15, 0.2) is 48.7 Å². The first-order valence-corrected chi connectivity index (χ1v) is 7.95. The van der Waals surface area contributed by atoms with Gasteiger partial charge in [0.25, 0.3) is 5.91 Å². The van der Waals surface area contributed by atoms with E-state index in [1.165, 1.54) is 30.5 Å². The van der Waals surface area contributed by atoms with Gasteiger partial charge in [-0.05, 0) is 30.3 Å². The van der Waals surface area contributed by atoms with Crippen molar-refractivity contribution in [2.24, 2.45) is 0 Å². The number of pyridine rings is 1. The highest BCUT2D eigenvalue weighted by Gasteiger charge is 2.19. The lowest BCUT2D eigenvalue weighted by Gasteiger charge is -2.09. The number of benzene rings is 2. The largest absolute Gasteiger partial charge is 0.436 e. The van der Waals surface area contributed by atoms with Crippen molar-refractivity contribution >= 4 is 17.3 Å². The molecule has 0 aliphatic carbocycles. The van der Waals surface area contributed by atoms with Crippen LogP contribution in [-0.4, -0.2) is 17.9 Å². The van der Waals surface area contributed by atoms with Gasteiger partial charge in [0.05, 0.1) is 17.4 Å². The fraction of sp³-hybridized carbons (Fsp3) is 0.0526. The predicted octanol–water partition coefficient (Wildman–Crippen LogP) is 4.72. The van der Waals surface area contributed by atoms with Crippen molar-refractivity contribution in [3.63, 3.8) is 0 Å². The zero-order valence-electron chi connectivity index (χ0n) is 14.4. The lowest BCUT2D eigenvalue weighted by Crippen LogP contribution is -2.15. The van der Waals surface area contributed by atoms with Crippen LogP contribution in [0.25, 0.3) is 0 Å². The number of amides is 1. The molecule has 1 heterocycles. The van der Waals surface area contributed by atoms with E-state index in [0.717, 1.165) is 6.07 Å². The molecule has 0 fully saturated rings. The first kappa shape index (κ1) is 19.2. The molecule has 28 heavy (non-hydrogen) atoms. The van der Waals surface area contributed by atoms with E-state index in [2.05, 4.69) is 15.6 Å². The Labute approximate surface area is 157 Å². The normalized spacial score (nSPS) is 10.5. The second-order valence-corrected chi connectivity index (χ2v) is 5.56. The second kappa shape index (κ2) is 7.95. The van der Waals surface area contributed by atoms with E-state index >= 15 is 0 Å². The van der Waals surface area contributed by atoms with Gasteiger partial charge < -0.3 is 15.4 Å². The molecule has 3 aromatic rings. The van der Waals surface area contributed by atoms with Gasteiger partial charge in [-0.15, -0.1) is 0 Å². The van der Waals surface area contributed by atoms with Gasteiger partial charge in [0.15, 0.2) is 29.0 Å². The third-order valence-corrected chi connectivity index (χ3v) is 3.71. The summed E-state index contributed by atoms with van der Waals surface area (Å²) in [4.78, 5) is 15.9. The highest BCUT2D eigenvalue weighted by molar-refractivity contribution is 6.04. The summed E-state index contributed by atoms with van der Waals surface area (Å²) in [7, 11) is 1.65. The summed E-state index contributed by atoms with van der Waals surface area (Å²) in [6.45, 7) is 0. The Morgan fingerprint density at radius 3 is 2.32 bits per heavy atom. The highest BCUT2D eigenvalue weighted by Crippen LogP contribution is 2.26. The molecule has 0 unspecified atom stereocenters. The quantitative estimate of drug-likeness (QED) is 0.488. The molecule has 144 valence electrons. The van der Waals surface area contributed by atoms with E-state index in [0.29, 0.717) is 11.8 Å². The van der Waals surface area contributed by atoms with Crippen molar-refractivity contribution in [2.45, 2.75) is 0 Å². The third-order valence-electron chi connectivity index (χ3n) is 3.71. The molecule has 9 heteroatoms. The molecule has 2 N–H and O–H groups in total. The van der Waals surface area contributed by atoms with Gasteiger partial charge in [0, 0.05) is 24.9 Å². The molecular weight excluding hydrogens is 378 g/mol. The van der Waals surface area contributed by atoms with Crippen molar-refractivity contribution < 1.29 is 27.1 Å². The molecule has 1 amide bonds. The number of nitrogens with one attached hydrogen (secondary N) is 2. The molecule has 1 aromatic heterocycles. The summed E-state index contributed by atoms with van der Waals surface area (Å²) in [6.07, 6.45) is 1.19. The lowest BCUT2D eigenvalue weighted by atomic mass is 10.2. The molecule has 0 spiro atoms. The molecule has 3 rings (SSSR count). The first-order chi connectivity index (χ1) is 13.4. The van der Waals surface area contributed by atoms with Gasteiger partial charge in [-0.2, -0.15) is 0 Å². The van der Waals surface area contributed by atoms with Gasteiger partial charge in [0.2, 0.25) is 5.88 Å². The zero-order valence-corrected chi connectivity index (χ0v) is 14.4. The van der Waals surface area contributed by atoms with Crippen molar-refractivity contribution in [1.82, 2.24) is 4.98 Å². The zero-order chi connectivity index (χ0) is 20.3. The van der Waals surface area contributed by atoms with Crippen LogP contribution in [0.2, 0.25) is 0 Å². The Morgan fingerprint density at radius 1 is 0.929 bits per heavy atom. The fourth-order valence-corrected chi connectivity index (χ4v) is 2.27. The number of carbonyl (C=O) groups is 1. The summed E-state index contributed by atoms with van der Waals surface area (Å²) in [5.74, 6) is -6.31. The number of halogens is 4. The SMILES string of the molecule is CNc1ccc(Oc2ccc(NC(=O)c3ccc(F)c(F)c3F)cn2)c(F)c1. The third kappa shape index (κ3) is 4.03. The Kier molecular flexibility index (Phi) is 5.44. The maximum absolute atomic E-state index is 13.9. The molecule has 0 saturated carbocycles. The van der Waals surface area contributed by atoms with Crippen LogP contribution in [0, 0.1) is 23.3 Å². The van der Waals surface area contributed by atoms with Crippen molar-refractivity contribution in [3.8, 4) is 11.6 Å². The number of aromatic nitrogens is 1. The maximum Gasteiger partial charge on any atom is 0.258 e. The molecule has 0 bridgehead atoms. The van der Waals surface area contributed by atoms with Crippen molar-refractivity contribution in [3.05, 3.63) is 77.5 Å². The number of hydrogen-bond donors (Lipinski definition) is 2. The molecule has 0 saturated heterocycles. The average molecular weight is 391 g/mol. The monoisotopic (exact) mass is 391 g/mol. The van der Waals surface area contributed by atoms with Gasteiger partial charge in [-0.1, -0.05) is 0 Å². The average Bonchev–Trinajstić information content (AvgIpc) is 2.69. The summed E-state index contributed by atoms with van der Waals surface area (Å²) in [5.41, 5.74) is 0.0544.